The highest BCUT2D eigenvalue weighted by atomic mass is 16.2. The molecule has 2 aliphatic rings. The van der Waals surface area contributed by atoms with E-state index in [1.54, 1.807) is 10.7 Å². The van der Waals surface area contributed by atoms with Gasteiger partial charge in [0.1, 0.15) is 0 Å². The van der Waals surface area contributed by atoms with Crippen LogP contribution in [0.3, 0.4) is 0 Å². The van der Waals surface area contributed by atoms with E-state index in [0.29, 0.717) is 5.78 Å². The van der Waals surface area contributed by atoms with Crippen LogP contribution in [0.1, 0.15) is 42.0 Å². The van der Waals surface area contributed by atoms with Gasteiger partial charge in [0.2, 0.25) is 5.82 Å². The standard InChI is InChI=1S/C16H22N6O/c1-12-6-7-17-16-18-14(19-22(12)16)15(23)21-10-8-20(9-11-21)13-4-2-3-5-13/h6-7,13H,2-5,8-11H2,1H3. The smallest absolute Gasteiger partial charge is 0.293 e. The molecular weight excluding hydrogens is 292 g/mol. The molecule has 0 atom stereocenters. The molecule has 2 aromatic rings. The Hall–Kier alpha value is -2.02. The number of nitrogens with zero attached hydrogens (tertiary/aromatic N) is 6. The number of amides is 1. The number of rotatable bonds is 2. The van der Waals surface area contributed by atoms with Crippen LogP contribution in [-0.4, -0.2) is 67.5 Å². The van der Waals surface area contributed by atoms with Crippen molar-refractivity contribution in [3.63, 3.8) is 0 Å². The number of fused-ring (bicyclic) bond motifs is 1. The maximum atomic E-state index is 12.6. The molecule has 23 heavy (non-hydrogen) atoms. The Kier molecular flexibility index (Phi) is 3.72. The average Bonchev–Trinajstić information content (AvgIpc) is 3.24. The third-order valence-electron chi connectivity index (χ3n) is 5.06. The maximum absolute atomic E-state index is 12.6. The largest absolute Gasteiger partial charge is 0.333 e. The van der Waals surface area contributed by atoms with Crippen LogP contribution >= 0.6 is 0 Å². The molecule has 2 aromatic heterocycles. The van der Waals surface area contributed by atoms with Gasteiger partial charge in [-0.2, -0.15) is 4.98 Å². The van der Waals surface area contributed by atoms with Gasteiger partial charge in [-0.15, -0.1) is 5.10 Å². The van der Waals surface area contributed by atoms with Crippen molar-refractivity contribution in [3.8, 4) is 0 Å². The summed E-state index contributed by atoms with van der Waals surface area (Å²) in [4.78, 5) is 25.5. The minimum atomic E-state index is -0.0824. The van der Waals surface area contributed by atoms with Crippen LogP contribution in [-0.2, 0) is 0 Å². The first kappa shape index (κ1) is 14.6. The van der Waals surface area contributed by atoms with E-state index in [2.05, 4.69) is 20.0 Å². The highest BCUT2D eigenvalue weighted by Crippen LogP contribution is 2.24. The van der Waals surface area contributed by atoms with Crippen molar-refractivity contribution < 1.29 is 4.79 Å². The molecule has 0 unspecified atom stereocenters. The summed E-state index contributed by atoms with van der Waals surface area (Å²) in [7, 11) is 0. The van der Waals surface area contributed by atoms with Gasteiger partial charge in [0, 0.05) is 44.1 Å². The monoisotopic (exact) mass is 314 g/mol. The Morgan fingerprint density at radius 1 is 1.17 bits per heavy atom. The highest BCUT2D eigenvalue weighted by Gasteiger charge is 2.29. The minimum absolute atomic E-state index is 0.0824. The third-order valence-corrected chi connectivity index (χ3v) is 5.06. The lowest BCUT2D eigenvalue weighted by molar-refractivity contribution is 0.0562. The minimum Gasteiger partial charge on any atom is -0.333 e. The second kappa shape index (κ2) is 5.88. The number of hydrogen-bond donors (Lipinski definition) is 0. The zero-order chi connectivity index (χ0) is 15.8. The van der Waals surface area contributed by atoms with Crippen LogP contribution < -0.4 is 0 Å². The molecule has 0 spiro atoms. The average molecular weight is 314 g/mol. The van der Waals surface area contributed by atoms with Crippen molar-refractivity contribution >= 4 is 11.7 Å². The Labute approximate surface area is 135 Å². The molecule has 0 aromatic carbocycles. The van der Waals surface area contributed by atoms with E-state index < -0.39 is 0 Å². The fourth-order valence-corrected chi connectivity index (χ4v) is 3.70. The zero-order valence-corrected chi connectivity index (χ0v) is 13.5. The molecule has 1 saturated heterocycles. The summed E-state index contributed by atoms with van der Waals surface area (Å²) in [5.41, 5.74) is 0.924. The van der Waals surface area contributed by atoms with Gasteiger partial charge in [0.05, 0.1) is 0 Å². The van der Waals surface area contributed by atoms with Crippen LogP contribution in [0, 0.1) is 6.92 Å². The van der Waals surface area contributed by atoms with Crippen LogP contribution in [0.25, 0.3) is 5.78 Å². The summed E-state index contributed by atoms with van der Waals surface area (Å²) in [6, 6.07) is 2.59. The van der Waals surface area contributed by atoms with Gasteiger partial charge in [-0.3, -0.25) is 9.69 Å². The molecule has 4 rings (SSSR count). The van der Waals surface area contributed by atoms with Gasteiger partial charge < -0.3 is 4.90 Å². The molecular formula is C16H22N6O. The second-order valence-corrected chi connectivity index (χ2v) is 6.50. The number of piperazine rings is 1. The first-order valence-electron chi connectivity index (χ1n) is 8.44. The first-order valence-corrected chi connectivity index (χ1v) is 8.44. The molecule has 7 nitrogen and oxygen atoms in total. The van der Waals surface area contributed by atoms with E-state index in [1.165, 1.54) is 25.7 Å². The highest BCUT2D eigenvalue weighted by molar-refractivity contribution is 5.91. The lowest BCUT2D eigenvalue weighted by atomic mass is 10.2. The number of carbonyl (C=O) groups excluding carboxylic acids is 1. The molecule has 7 heteroatoms. The van der Waals surface area contributed by atoms with Crippen LogP contribution in [0.15, 0.2) is 12.3 Å². The fraction of sp³-hybridized carbons (Fsp3) is 0.625. The molecule has 0 bridgehead atoms. The fourth-order valence-electron chi connectivity index (χ4n) is 3.70. The van der Waals surface area contributed by atoms with E-state index in [1.807, 2.05) is 17.9 Å². The molecule has 122 valence electrons. The van der Waals surface area contributed by atoms with Crippen LogP contribution in [0.2, 0.25) is 0 Å². The van der Waals surface area contributed by atoms with E-state index in [9.17, 15) is 4.79 Å². The summed E-state index contributed by atoms with van der Waals surface area (Å²) in [6.45, 7) is 5.37. The summed E-state index contributed by atoms with van der Waals surface area (Å²) >= 11 is 0. The van der Waals surface area contributed by atoms with Gasteiger partial charge >= 0.3 is 0 Å². The van der Waals surface area contributed by atoms with Crippen molar-refractivity contribution in [1.29, 1.82) is 0 Å². The topological polar surface area (TPSA) is 66.6 Å². The van der Waals surface area contributed by atoms with E-state index in [-0.39, 0.29) is 11.7 Å². The van der Waals surface area contributed by atoms with Crippen molar-refractivity contribution in [2.45, 2.75) is 38.6 Å². The molecule has 1 aliphatic heterocycles. The zero-order valence-electron chi connectivity index (χ0n) is 13.5. The maximum Gasteiger partial charge on any atom is 0.293 e. The number of aryl methyl sites for hydroxylation is 1. The Balaban J connectivity index is 1.45. The van der Waals surface area contributed by atoms with Gasteiger partial charge in [-0.05, 0) is 25.8 Å². The Morgan fingerprint density at radius 3 is 2.61 bits per heavy atom. The number of carbonyl (C=O) groups is 1. The molecule has 2 fully saturated rings. The van der Waals surface area contributed by atoms with Crippen LogP contribution in [0.4, 0.5) is 0 Å². The SMILES string of the molecule is Cc1ccnc2nc(C(=O)N3CCN(C4CCCC4)CC3)nn12. The molecule has 3 heterocycles. The molecule has 1 aliphatic carbocycles. The van der Waals surface area contributed by atoms with Crippen molar-refractivity contribution in [1.82, 2.24) is 29.4 Å². The van der Waals surface area contributed by atoms with Crippen molar-refractivity contribution in [3.05, 3.63) is 23.8 Å². The first-order chi connectivity index (χ1) is 11.2. The lowest BCUT2D eigenvalue weighted by Crippen LogP contribution is -2.51. The van der Waals surface area contributed by atoms with E-state index in [4.69, 9.17) is 0 Å². The van der Waals surface area contributed by atoms with E-state index in [0.717, 1.165) is 37.9 Å². The Morgan fingerprint density at radius 2 is 1.91 bits per heavy atom. The molecule has 0 N–H and O–H groups in total. The molecule has 1 saturated carbocycles. The van der Waals surface area contributed by atoms with E-state index >= 15 is 0 Å². The molecule has 1 amide bonds. The number of aromatic nitrogens is 4. The summed E-state index contributed by atoms with van der Waals surface area (Å²) < 4.78 is 1.63. The van der Waals surface area contributed by atoms with Gasteiger partial charge in [0.15, 0.2) is 0 Å². The van der Waals surface area contributed by atoms with Crippen molar-refractivity contribution in [2.75, 3.05) is 26.2 Å². The van der Waals surface area contributed by atoms with Crippen LogP contribution in [0.5, 0.6) is 0 Å². The summed E-state index contributed by atoms with van der Waals surface area (Å²) in [5, 5.41) is 4.32. The predicted octanol–water partition coefficient (Wildman–Crippen LogP) is 1.13. The number of hydrogen-bond acceptors (Lipinski definition) is 5. The summed E-state index contributed by atoms with van der Waals surface area (Å²) in [5.74, 6) is 0.653. The third kappa shape index (κ3) is 2.69. The summed E-state index contributed by atoms with van der Waals surface area (Å²) in [6.07, 6.45) is 7.01. The predicted molar refractivity (Wildman–Crippen MR) is 85.3 cm³/mol. The lowest BCUT2D eigenvalue weighted by Gasteiger charge is -2.37. The van der Waals surface area contributed by atoms with Gasteiger partial charge in [0.25, 0.3) is 11.7 Å². The Bertz CT molecular complexity index is 712. The van der Waals surface area contributed by atoms with Gasteiger partial charge in [-0.25, -0.2) is 9.50 Å². The van der Waals surface area contributed by atoms with Crippen molar-refractivity contribution in [2.24, 2.45) is 0 Å². The normalized spacial score (nSPS) is 20.5. The second-order valence-electron chi connectivity index (χ2n) is 6.50. The van der Waals surface area contributed by atoms with Gasteiger partial charge in [-0.1, -0.05) is 12.8 Å². The molecule has 0 radical (unpaired) electrons. The quantitative estimate of drug-likeness (QED) is 0.831.